The number of carboxylic acids is 1. The zero-order chi connectivity index (χ0) is 13.9. The number of carboxylic acid groups (broad SMARTS) is 1. The molecule has 98 valence electrons. The second kappa shape index (κ2) is 5.18. The van der Waals surface area contributed by atoms with Crippen LogP contribution in [0.25, 0.3) is 0 Å². The normalized spacial score (nSPS) is 13.1. The molecule has 0 aliphatic carbocycles. The van der Waals surface area contributed by atoms with Gasteiger partial charge in [0.25, 0.3) is 0 Å². The van der Waals surface area contributed by atoms with Crippen molar-refractivity contribution in [3.8, 4) is 0 Å². The molecule has 0 bridgehead atoms. The minimum atomic E-state index is -4.47. The quantitative estimate of drug-likeness (QED) is 0.808. The SMILES string of the molecule is NC(CC(=O)c1ccc(C(F)(F)F)cc1)C(=O)O. The number of hydrogen-bond donors (Lipinski definition) is 2. The Kier molecular flexibility index (Phi) is 4.07. The Bertz CT molecular complexity index is 454. The van der Waals surface area contributed by atoms with Crippen LogP contribution in [-0.2, 0) is 11.0 Å². The molecule has 1 aromatic rings. The van der Waals surface area contributed by atoms with E-state index in [1.54, 1.807) is 0 Å². The predicted molar refractivity (Wildman–Crippen MR) is 56.0 cm³/mol. The molecule has 3 N–H and O–H groups in total. The van der Waals surface area contributed by atoms with Gasteiger partial charge in [0.1, 0.15) is 6.04 Å². The monoisotopic (exact) mass is 261 g/mol. The summed E-state index contributed by atoms with van der Waals surface area (Å²) in [4.78, 5) is 21.9. The first-order valence-corrected chi connectivity index (χ1v) is 4.90. The van der Waals surface area contributed by atoms with Crippen LogP contribution in [0, 0.1) is 0 Å². The zero-order valence-electron chi connectivity index (χ0n) is 9.07. The lowest BCUT2D eigenvalue weighted by molar-refractivity contribution is -0.138. The van der Waals surface area contributed by atoms with Crippen LogP contribution in [0.5, 0.6) is 0 Å². The standard InChI is InChI=1S/C11H10F3NO3/c12-11(13,14)7-3-1-6(2-4-7)9(16)5-8(15)10(17)18/h1-4,8H,5,15H2,(H,17,18). The number of rotatable bonds is 4. The fraction of sp³-hybridized carbons (Fsp3) is 0.273. The number of aliphatic carboxylic acids is 1. The first kappa shape index (κ1) is 14.2. The van der Waals surface area contributed by atoms with Crippen LogP contribution in [0.3, 0.4) is 0 Å². The predicted octanol–water partition coefficient (Wildman–Crippen LogP) is 1.69. The summed E-state index contributed by atoms with van der Waals surface area (Å²) in [6, 6.07) is 2.16. The summed E-state index contributed by atoms with van der Waals surface area (Å²) in [5, 5.41) is 8.50. The summed E-state index contributed by atoms with van der Waals surface area (Å²) in [6.45, 7) is 0. The fourth-order valence-corrected chi connectivity index (χ4v) is 1.25. The molecule has 1 aromatic carbocycles. The van der Waals surface area contributed by atoms with Crippen LogP contribution in [0.15, 0.2) is 24.3 Å². The first-order chi connectivity index (χ1) is 8.21. The van der Waals surface area contributed by atoms with Gasteiger partial charge in [-0.3, -0.25) is 9.59 Å². The number of carbonyl (C=O) groups excluding carboxylic acids is 1. The molecule has 4 nitrogen and oxygen atoms in total. The maximum Gasteiger partial charge on any atom is 0.416 e. The van der Waals surface area contributed by atoms with Crippen LogP contribution < -0.4 is 5.73 Å². The van der Waals surface area contributed by atoms with E-state index in [1.165, 1.54) is 0 Å². The molecule has 0 radical (unpaired) electrons. The molecule has 0 aliphatic heterocycles. The third-order valence-corrected chi connectivity index (χ3v) is 2.26. The van der Waals surface area contributed by atoms with E-state index in [0.717, 1.165) is 24.3 Å². The maximum absolute atomic E-state index is 12.3. The number of carbonyl (C=O) groups is 2. The number of ketones is 1. The highest BCUT2D eigenvalue weighted by Gasteiger charge is 2.30. The van der Waals surface area contributed by atoms with Gasteiger partial charge in [0.2, 0.25) is 0 Å². The van der Waals surface area contributed by atoms with Gasteiger partial charge in [-0.1, -0.05) is 12.1 Å². The van der Waals surface area contributed by atoms with Gasteiger partial charge < -0.3 is 10.8 Å². The zero-order valence-corrected chi connectivity index (χ0v) is 9.07. The van der Waals surface area contributed by atoms with E-state index in [-0.39, 0.29) is 5.56 Å². The molecule has 1 atom stereocenters. The van der Waals surface area contributed by atoms with Gasteiger partial charge in [-0.2, -0.15) is 13.2 Å². The summed E-state index contributed by atoms with van der Waals surface area (Å²) < 4.78 is 36.8. The minimum Gasteiger partial charge on any atom is -0.480 e. The number of Topliss-reactive ketones (excluding diaryl/α,β-unsaturated/α-hetero) is 1. The Morgan fingerprint density at radius 3 is 2.11 bits per heavy atom. The van der Waals surface area contributed by atoms with Gasteiger partial charge in [-0.15, -0.1) is 0 Å². The van der Waals surface area contributed by atoms with Crippen molar-refractivity contribution in [3.63, 3.8) is 0 Å². The summed E-state index contributed by atoms with van der Waals surface area (Å²) in [5.41, 5.74) is 4.28. The molecule has 0 saturated heterocycles. The molecule has 18 heavy (non-hydrogen) atoms. The second-order valence-corrected chi connectivity index (χ2v) is 3.65. The fourth-order valence-electron chi connectivity index (χ4n) is 1.25. The van der Waals surface area contributed by atoms with Gasteiger partial charge in [-0.05, 0) is 12.1 Å². The van der Waals surface area contributed by atoms with E-state index in [4.69, 9.17) is 10.8 Å². The highest BCUT2D eigenvalue weighted by Crippen LogP contribution is 2.29. The van der Waals surface area contributed by atoms with Crippen molar-refractivity contribution in [3.05, 3.63) is 35.4 Å². The van der Waals surface area contributed by atoms with Crippen LogP contribution >= 0.6 is 0 Å². The van der Waals surface area contributed by atoms with Gasteiger partial charge in [0.15, 0.2) is 5.78 Å². The van der Waals surface area contributed by atoms with Crippen molar-refractivity contribution in [1.29, 1.82) is 0 Å². The van der Waals surface area contributed by atoms with E-state index < -0.39 is 36.0 Å². The Morgan fingerprint density at radius 2 is 1.72 bits per heavy atom. The molecule has 0 heterocycles. The van der Waals surface area contributed by atoms with Crippen molar-refractivity contribution in [2.75, 3.05) is 0 Å². The Balaban J connectivity index is 2.80. The molecule has 0 aromatic heterocycles. The van der Waals surface area contributed by atoms with E-state index >= 15 is 0 Å². The van der Waals surface area contributed by atoms with Crippen molar-refractivity contribution in [2.45, 2.75) is 18.6 Å². The van der Waals surface area contributed by atoms with E-state index in [2.05, 4.69) is 0 Å². The molecule has 0 saturated carbocycles. The topological polar surface area (TPSA) is 80.4 Å². The average Bonchev–Trinajstić information content (AvgIpc) is 2.27. The third kappa shape index (κ3) is 3.56. The molecule has 0 aliphatic rings. The lowest BCUT2D eigenvalue weighted by Crippen LogP contribution is -2.32. The summed E-state index contributed by atoms with van der Waals surface area (Å²) in [6.07, 6.45) is -4.93. The number of hydrogen-bond acceptors (Lipinski definition) is 3. The number of benzene rings is 1. The Labute approximate surface area is 100 Å². The molecule has 1 rings (SSSR count). The molecule has 0 amide bonds. The Morgan fingerprint density at radius 1 is 1.22 bits per heavy atom. The van der Waals surface area contributed by atoms with Crippen LogP contribution in [0.1, 0.15) is 22.3 Å². The van der Waals surface area contributed by atoms with Gasteiger partial charge in [0, 0.05) is 12.0 Å². The van der Waals surface area contributed by atoms with Crippen LogP contribution in [0.4, 0.5) is 13.2 Å². The number of halogens is 3. The summed E-state index contributed by atoms with van der Waals surface area (Å²) in [5.74, 6) is -1.95. The van der Waals surface area contributed by atoms with Crippen molar-refractivity contribution >= 4 is 11.8 Å². The summed E-state index contributed by atoms with van der Waals surface area (Å²) >= 11 is 0. The van der Waals surface area contributed by atoms with E-state index in [0.29, 0.717) is 0 Å². The van der Waals surface area contributed by atoms with Crippen LogP contribution in [-0.4, -0.2) is 22.9 Å². The molecular formula is C11H10F3NO3. The average molecular weight is 261 g/mol. The van der Waals surface area contributed by atoms with E-state index in [9.17, 15) is 22.8 Å². The molecular weight excluding hydrogens is 251 g/mol. The minimum absolute atomic E-state index is 0.000278. The van der Waals surface area contributed by atoms with Crippen molar-refractivity contribution < 1.29 is 27.9 Å². The van der Waals surface area contributed by atoms with Crippen molar-refractivity contribution in [2.24, 2.45) is 5.73 Å². The smallest absolute Gasteiger partial charge is 0.416 e. The molecule has 1 unspecified atom stereocenters. The van der Waals surface area contributed by atoms with Gasteiger partial charge in [-0.25, -0.2) is 0 Å². The number of alkyl halides is 3. The Hall–Kier alpha value is -1.89. The third-order valence-electron chi connectivity index (χ3n) is 2.26. The molecule has 0 spiro atoms. The van der Waals surface area contributed by atoms with Crippen LogP contribution in [0.2, 0.25) is 0 Å². The maximum atomic E-state index is 12.3. The summed E-state index contributed by atoms with van der Waals surface area (Å²) in [7, 11) is 0. The van der Waals surface area contributed by atoms with Gasteiger partial charge >= 0.3 is 12.1 Å². The molecule has 0 fully saturated rings. The number of nitrogens with two attached hydrogens (primary N) is 1. The highest BCUT2D eigenvalue weighted by molar-refractivity contribution is 5.98. The highest BCUT2D eigenvalue weighted by atomic mass is 19.4. The largest absolute Gasteiger partial charge is 0.480 e. The second-order valence-electron chi connectivity index (χ2n) is 3.65. The van der Waals surface area contributed by atoms with Crippen molar-refractivity contribution in [1.82, 2.24) is 0 Å². The lowest BCUT2D eigenvalue weighted by Gasteiger charge is -2.08. The molecule has 7 heteroatoms. The first-order valence-electron chi connectivity index (χ1n) is 4.90. The van der Waals surface area contributed by atoms with Gasteiger partial charge in [0.05, 0.1) is 5.56 Å². The van der Waals surface area contributed by atoms with E-state index in [1.807, 2.05) is 0 Å². The lowest BCUT2D eigenvalue weighted by atomic mass is 10.0.